The first-order chi connectivity index (χ1) is 12.8. The third-order valence-electron chi connectivity index (χ3n) is 4.00. The molecular weight excluding hydrogens is 386 g/mol. The Bertz CT molecular complexity index is 1170. The lowest BCUT2D eigenvalue weighted by Crippen LogP contribution is -1.94. The molecule has 0 aliphatic rings. The lowest BCUT2D eigenvalue weighted by atomic mass is 10.2. The van der Waals surface area contributed by atoms with Crippen LogP contribution in [-0.4, -0.2) is 24.8 Å². The molecule has 26 heavy (non-hydrogen) atoms. The van der Waals surface area contributed by atoms with Crippen LogP contribution in [0.1, 0.15) is 5.82 Å². The molecule has 2 aromatic carbocycles. The maximum atomic E-state index is 5.93. The molecule has 0 saturated heterocycles. The Kier molecular flexibility index (Phi) is 3.92. The first kappa shape index (κ1) is 15.9. The Labute approximate surface area is 162 Å². The molecule has 0 radical (unpaired) electrons. The summed E-state index contributed by atoms with van der Waals surface area (Å²) in [6.07, 6.45) is 0. The highest BCUT2D eigenvalue weighted by Gasteiger charge is 2.14. The van der Waals surface area contributed by atoms with Gasteiger partial charge in [-0.1, -0.05) is 41.1 Å². The topological polar surface area (TPSA) is 58.9 Å². The fourth-order valence-electron chi connectivity index (χ4n) is 2.72. The van der Waals surface area contributed by atoms with Crippen molar-refractivity contribution in [2.45, 2.75) is 10.6 Å². The van der Waals surface area contributed by atoms with Crippen LogP contribution >= 0.6 is 34.7 Å². The number of thioether (sulfide) groups is 1. The molecule has 5 aromatic rings. The van der Waals surface area contributed by atoms with E-state index in [1.54, 1.807) is 11.8 Å². The van der Waals surface area contributed by atoms with Crippen molar-refractivity contribution in [3.05, 3.63) is 65.4 Å². The molecule has 0 saturated carbocycles. The van der Waals surface area contributed by atoms with Gasteiger partial charge >= 0.3 is 0 Å². The molecule has 0 atom stereocenters. The molecule has 3 aromatic heterocycles. The van der Waals surface area contributed by atoms with Gasteiger partial charge in [0, 0.05) is 20.8 Å². The minimum absolute atomic E-state index is 0.693. The van der Waals surface area contributed by atoms with Crippen LogP contribution in [0.5, 0.6) is 0 Å². The van der Waals surface area contributed by atoms with Crippen LogP contribution in [0.25, 0.3) is 26.6 Å². The normalized spacial score (nSPS) is 11.6. The minimum atomic E-state index is 0.693. The second-order valence-corrected chi connectivity index (χ2v) is 8.17. The van der Waals surface area contributed by atoms with Gasteiger partial charge < -0.3 is 4.98 Å². The number of para-hydroxylation sites is 1. The number of nitrogens with zero attached hydrogens (tertiary/aromatic N) is 4. The van der Waals surface area contributed by atoms with Gasteiger partial charge in [0.05, 0.1) is 11.4 Å². The highest BCUT2D eigenvalue weighted by Crippen LogP contribution is 2.29. The fraction of sp³-hybridized carbons (Fsp3) is 0.0556. The highest BCUT2D eigenvalue weighted by atomic mass is 35.5. The van der Waals surface area contributed by atoms with Gasteiger partial charge in [-0.05, 0) is 36.4 Å². The van der Waals surface area contributed by atoms with Gasteiger partial charge in [0.15, 0.2) is 10.8 Å². The van der Waals surface area contributed by atoms with Crippen LogP contribution in [-0.2, 0) is 5.75 Å². The van der Waals surface area contributed by atoms with Crippen molar-refractivity contribution in [3.63, 3.8) is 0 Å². The summed E-state index contributed by atoms with van der Waals surface area (Å²) in [5.74, 6) is 1.53. The summed E-state index contributed by atoms with van der Waals surface area (Å²) in [5.41, 5.74) is 2.10. The number of fused-ring (bicyclic) bond motifs is 2. The van der Waals surface area contributed by atoms with Gasteiger partial charge in [0.2, 0.25) is 4.96 Å². The van der Waals surface area contributed by atoms with Crippen LogP contribution in [0.4, 0.5) is 0 Å². The third kappa shape index (κ3) is 2.88. The minimum Gasteiger partial charge on any atom is -0.353 e. The molecule has 1 N–H and O–H groups in total. The number of benzene rings is 2. The summed E-state index contributed by atoms with van der Waals surface area (Å²) < 4.78 is 1.83. The Morgan fingerprint density at radius 2 is 1.92 bits per heavy atom. The molecule has 8 heteroatoms. The number of halogens is 1. The van der Waals surface area contributed by atoms with E-state index in [0.29, 0.717) is 5.75 Å². The molecule has 5 rings (SSSR count). The van der Waals surface area contributed by atoms with E-state index in [0.717, 1.165) is 36.9 Å². The lowest BCUT2D eigenvalue weighted by Gasteiger charge is -1.99. The molecule has 0 bridgehead atoms. The van der Waals surface area contributed by atoms with E-state index in [4.69, 9.17) is 16.7 Å². The molecule has 0 aliphatic carbocycles. The second kappa shape index (κ2) is 6.42. The zero-order chi connectivity index (χ0) is 17.5. The van der Waals surface area contributed by atoms with E-state index in [1.165, 1.54) is 16.7 Å². The number of H-pyrrole nitrogens is 1. The first-order valence-electron chi connectivity index (χ1n) is 7.94. The van der Waals surface area contributed by atoms with E-state index in [1.807, 2.05) is 40.9 Å². The molecule has 5 nitrogen and oxygen atoms in total. The smallest absolute Gasteiger partial charge is 0.235 e. The number of aromatic nitrogens is 5. The quantitative estimate of drug-likeness (QED) is 0.419. The zero-order valence-electron chi connectivity index (χ0n) is 13.4. The summed E-state index contributed by atoms with van der Waals surface area (Å²) in [4.78, 5) is 5.35. The molecule has 0 aliphatic heterocycles. The summed E-state index contributed by atoms with van der Waals surface area (Å²) in [7, 11) is 0. The van der Waals surface area contributed by atoms with Crippen molar-refractivity contribution in [3.8, 4) is 10.7 Å². The third-order valence-corrected chi connectivity index (χ3v) is 6.19. The van der Waals surface area contributed by atoms with Gasteiger partial charge in [0.25, 0.3) is 0 Å². The van der Waals surface area contributed by atoms with Gasteiger partial charge in [0.1, 0.15) is 0 Å². The summed E-state index contributed by atoms with van der Waals surface area (Å²) in [6.45, 7) is 0. The van der Waals surface area contributed by atoms with Crippen molar-refractivity contribution >= 4 is 50.6 Å². The molecule has 0 spiro atoms. The van der Waals surface area contributed by atoms with Crippen molar-refractivity contribution in [1.29, 1.82) is 0 Å². The van der Waals surface area contributed by atoms with Gasteiger partial charge in [-0.25, -0.2) is 0 Å². The van der Waals surface area contributed by atoms with E-state index in [9.17, 15) is 0 Å². The average Bonchev–Trinajstić information content (AvgIpc) is 3.35. The number of aromatic amines is 1. The summed E-state index contributed by atoms with van der Waals surface area (Å²) in [6, 6.07) is 18.1. The second-order valence-electron chi connectivity index (χ2n) is 5.73. The van der Waals surface area contributed by atoms with Crippen molar-refractivity contribution in [1.82, 2.24) is 24.8 Å². The van der Waals surface area contributed by atoms with Gasteiger partial charge in [-0.15, -0.1) is 22.0 Å². The predicted molar refractivity (Wildman–Crippen MR) is 107 cm³/mol. The Morgan fingerprint density at radius 1 is 1.08 bits per heavy atom. The standard InChI is InChI=1S/C18H12ClN5S2/c19-12-5-7-13(8-6-12)25-10-16-21-22-18-24(16)23-17(26-18)15-9-11-3-1-2-4-14(11)20-15/h1-9,20H,10H2. The SMILES string of the molecule is Clc1ccc(SCc2nnc3sc(-c4cc5ccccc5[nH]4)nn23)cc1. The van der Waals surface area contributed by atoms with Gasteiger partial charge in [-0.3, -0.25) is 0 Å². The van der Waals surface area contributed by atoms with Crippen LogP contribution in [0, 0.1) is 0 Å². The van der Waals surface area contributed by atoms with E-state index >= 15 is 0 Å². The lowest BCUT2D eigenvalue weighted by molar-refractivity contribution is 0.886. The molecule has 0 unspecified atom stereocenters. The summed E-state index contributed by atoms with van der Waals surface area (Å²) >= 11 is 9.15. The van der Waals surface area contributed by atoms with Crippen molar-refractivity contribution < 1.29 is 0 Å². The Hall–Kier alpha value is -2.35. The Morgan fingerprint density at radius 3 is 2.77 bits per heavy atom. The monoisotopic (exact) mass is 397 g/mol. The maximum Gasteiger partial charge on any atom is 0.235 e. The van der Waals surface area contributed by atoms with Gasteiger partial charge in [-0.2, -0.15) is 9.61 Å². The number of nitrogens with one attached hydrogen (secondary N) is 1. The number of rotatable bonds is 4. The summed E-state index contributed by atoms with van der Waals surface area (Å²) in [5, 5.41) is 16.1. The van der Waals surface area contributed by atoms with Crippen LogP contribution in [0.15, 0.2) is 59.5 Å². The maximum absolute atomic E-state index is 5.93. The van der Waals surface area contributed by atoms with Crippen LogP contribution in [0.2, 0.25) is 5.02 Å². The first-order valence-corrected chi connectivity index (χ1v) is 10.1. The number of hydrogen-bond acceptors (Lipinski definition) is 5. The predicted octanol–water partition coefficient (Wildman–Crippen LogP) is 5.28. The molecule has 0 amide bonds. The zero-order valence-corrected chi connectivity index (χ0v) is 15.8. The van der Waals surface area contributed by atoms with Crippen molar-refractivity contribution in [2.75, 3.05) is 0 Å². The molecule has 128 valence electrons. The fourth-order valence-corrected chi connectivity index (χ4v) is 4.48. The highest BCUT2D eigenvalue weighted by molar-refractivity contribution is 7.98. The Balaban J connectivity index is 1.44. The van der Waals surface area contributed by atoms with Crippen LogP contribution in [0.3, 0.4) is 0 Å². The number of hydrogen-bond donors (Lipinski definition) is 1. The van der Waals surface area contributed by atoms with Crippen molar-refractivity contribution in [2.24, 2.45) is 0 Å². The molecule has 3 heterocycles. The van der Waals surface area contributed by atoms with E-state index < -0.39 is 0 Å². The average molecular weight is 398 g/mol. The van der Waals surface area contributed by atoms with E-state index in [2.05, 4.69) is 33.4 Å². The van der Waals surface area contributed by atoms with Crippen LogP contribution < -0.4 is 0 Å². The molecular formula is C18H12ClN5S2. The van der Waals surface area contributed by atoms with E-state index in [-0.39, 0.29) is 0 Å². The molecule has 0 fully saturated rings. The largest absolute Gasteiger partial charge is 0.353 e.